The third kappa shape index (κ3) is 3.49. The molecule has 0 fully saturated rings. The molecule has 0 aliphatic rings. The number of aromatic nitrogens is 2. The first-order chi connectivity index (χ1) is 11.5. The number of aliphatic hydroxyl groups excluding tert-OH is 1. The Bertz CT molecular complexity index is 919. The predicted octanol–water partition coefficient (Wildman–Crippen LogP) is 3.92. The zero-order chi connectivity index (χ0) is 17.3. The molecule has 1 aromatic carbocycles. The van der Waals surface area contributed by atoms with Gasteiger partial charge in [0, 0.05) is 16.3 Å². The van der Waals surface area contributed by atoms with Crippen LogP contribution >= 0.6 is 34.7 Å². The lowest BCUT2D eigenvalue weighted by Crippen LogP contribution is -2.27. The standard InChI is InChI=1S/C16H14ClFN2O2S2/c1-9(21)7-20-15(22)14-13(5-6-23-14)19-16(20)24-8-10-11(17)3-2-4-12(10)18/h2-6,9,21H,7-8H2,1H3/t9-/m1/s1. The van der Waals surface area contributed by atoms with Gasteiger partial charge in [0.25, 0.3) is 5.56 Å². The van der Waals surface area contributed by atoms with E-state index in [-0.39, 0.29) is 17.9 Å². The Morgan fingerprint density at radius 2 is 2.25 bits per heavy atom. The second kappa shape index (κ2) is 7.23. The Balaban J connectivity index is 2.00. The number of benzene rings is 1. The molecule has 0 radical (unpaired) electrons. The summed E-state index contributed by atoms with van der Waals surface area (Å²) >= 11 is 8.59. The molecule has 0 aliphatic carbocycles. The lowest BCUT2D eigenvalue weighted by Gasteiger charge is -2.14. The molecular formula is C16H14ClFN2O2S2. The number of aliphatic hydroxyl groups is 1. The summed E-state index contributed by atoms with van der Waals surface area (Å²) < 4.78 is 15.9. The maximum absolute atomic E-state index is 13.9. The van der Waals surface area contributed by atoms with Gasteiger partial charge in [-0.05, 0) is 30.5 Å². The van der Waals surface area contributed by atoms with Crippen LogP contribution in [-0.4, -0.2) is 20.8 Å². The Kier molecular flexibility index (Phi) is 5.24. The normalized spacial score (nSPS) is 12.7. The summed E-state index contributed by atoms with van der Waals surface area (Å²) in [5, 5.41) is 12.2. The van der Waals surface area contributed by atoms with Gasteiger partial charge < -0.3 is 5.11 Å². The number of nitrogens with zero attached hydrogens (tertiary/aromatic N) is 2. The van der Waals surface area contributed by atoms with Crippen LogP contribution in [0.1, 0.15) is 12.5 Å². The van der Waals surface area contributed by atoms with Crippen molar-refractivity contribution in [1.82, 2.24) is 9.55 Å². The van der Waals surface area contributed by atoms with Crippen molar-refractivity contribution in [2.45, 2.75) is 30.5 Å². The highest BCUT2D eigenvalue weighted by Crippen LogP contribution is 2.28. The summed E-state index contributed by atoms with van der Waals surface area (Å²) in [5.74, 6) is -0.149. The van der Waals surface area contributed by atoms with Crippen LogP contribution < -0.4 is 5.56 Å². The van der Waals surface area contributed by atoms with E-state index >= 15 is 0 Å². The molecule has 2 heterocycles. The molecule has 1 N–H and O–H groups in total. The molecule has 0 bridgehead atoms. The van der Waals surface area contributed by atoms with Gasteiger partial charge in [0.1, 0.15) is 10.5 Å². The average Bonchev–Trinajstić information content (AvgIpc) is 2.98. The number of thiophene rings is 1. The van der Waals surface area contributed by atoms with Gasteiger partial charge in [0.05, 0.1) is 18.2 Å². The summed E-state index contributed by atoms with van der Waals surface area (Å²) in [6, 6.07) is 6.29. The van der Waals surface area contributed by atoms with Gasteiger partial charge in [-0.1, -0.05) is 29.4 Å². The van der Waals surface area contributed by atoms with Crippen molar-refractivity contribution in [3.8, 4) is 0 Å². The van der Waals surface area contributed by atoms with Gasteiger partial charge in [-0.15, -0.1) is 11.3 Å². The van der Waals surface area contributed by atoms with Gasteiger partial charge in [-0.3, -0.25) is 9.36 Å². The second-order valence-corrected chi connectivity index (χ2v) is 7.55. The number of thioether (sulfide) groups is 1. The molecular weight excluding hydrogens is 371 g/mol. The lowest BCUT2D eigenvalue weighted by atomic mass is 10.2. The quantitative estimate of drug-likeness (QED) is 0.535. The highest BCUT2D eigenvalue weighted by Gasteiger charge is 2.16. The van der Waals surface area contributed by atoms with Crippen LogP contribution in [0.2, 0.25) is 5.02 Å². The smallest absolute Gasteiger partial charge is 0.272 e. The van der Waals surface area contributed by atoms with E-state index in [1.807, 2.05) is 0 Å². The van der Waals surface area contributed by atoms with Gasteiger partial charge >= 0.3 is 0 Å². The number of hydrogen-bond acceptors (Lipinski definition) is 5. The Hall–Kier alpha value is -1.41. The minimum atomic E-state index is -0.696. The molecule has 0 saturated carbocycles. The third-order valence-corrected chi connectivity index (χ3v) is 5.63. The van der Waals surface area contributed by atoms with Gasteiger partial charge in [-0.2, -0.15) is 0 Å². The lowest BCUT2D eigenvalue weighted by molar-refractivity contribution is 0.168. The van der Waals surface area contributed by atoms with E-state index < -0.39 is 11.9 Å². The molecule has 24 heavy (non-hydrogen) atoms. The van der Waals surface area contributed by atoms with E-state index in [1.165, 1.54) is 33.7 Å². The number of hydrogen-bond donors (Lipinski definition) is 1. The van der Waals surface area contributed by atoms with Gasteiger partial charge in [0.2, 0.25) is 0 Å². The molecule has 0 unspecified atom stereocenters. The molecule has 3 aromatic rings. The predicted molar refractivity (Wildman–Crippen MR) is 96.5 cm³/mol. The minimum Gasteiger partial charge on any atom is -0.392 e. The van der Waals surface area contributed by atoms with Crippen LogP contribution in [-0.2, 0) is 12.3 Å². The zero-order valence-corrected chi connectivity index (χ0v) is 15.1. The first-order valence-corrected chi connectivity index (χ1v) is 9.43. The summed E-state index contributed by atoms with van der Waals surface area (Å²) in [5.41, 5.74) is 0.777. The summed E-state index contributed by atoms with van der Waals surface area (Å²) in [7, 11) is 0. The van der Waals surface area contributed by atoms with Crippen molar-refractivity contribution in [1.29, 1.82) is 0 Å². The van der Waals surface area contributed by atoms with Crippen molar-refractivity contribution < 1.29 is 9.50 Å². The molecule has 3 rings (SSSR count). The number of rotatable bonds is 5. The SMILES string of the molecule is C[C@@H](O)Cn1c(SCc2c(F)cccc2Cl)nc2ccsc2c1=O. The maximum atomic E-state index is 13.9. The fraction of sp³-hybridized carbons (Fsp3) is 0.250. The van der Waals surface area contributed by atoms with E-state index in [0.29, 0.717) is 26.0 Å². The molecule has 0 amide bonds. The van der Waals surface area contributed by atoms with E-state index in [1.54, 1.807) is 30.5 Å². The molecule has 0 spiro atoms. The summed E-state index contributed by atoms with van der Waals surface area (Å²) in [4.78, 5) is 17.1. The number of fused-ring (bicyclic) bond motifs is 1. The maximum Gasteiger partial charge on any atom is 0.272 e. The topological polar surface area (TPSA) is 55.1 Å². The van der Waals surface area contributed by atoms with Crippen LogP contribution in [0.25, 0.3) is 10.2 Å². The zero-order valence-electron chi connectivity index (χ0n) is 12.7. The van der Waals surface area contributed by atoms with Crippen molar-refractivity contribution in [2.24, 2.45) is 0 Å². The Morgan fingerprint density at radius 3 is 2.96 bits per heavy atom. The first-order valence-electron chi connectivity index (χ1n) is 7.19. The average molecular weight is 385 g/mol. The van der Waals surface area contributed by atoms with Gasteiger partial charge in [0.15, 0.2) is 5.16 Å². The van der Waals surface area contributed by atoms with Crippen molar-refractivity contribution in [3.63, 3.8) is 0 Å². The Labute approximate surface area is 150 Å². The van der Waals surface area contributed by atoms with Crippen LogP contribution in [0.15, 0.2) is 39.6 Å². The molecule has 1 atom stereocenters. The van der Waals surface area contributed by atoms with Crippen molar-refractivity contribution in [2.75, 3.05) is 0 Å². The molecule has 4 nitrogen and oxygen atoms in total. The molecule has 0 aliphatic heterocycles. The second-order valence-electron chi connectivity index (χ2n) is 5.28. The fourth-order valence-corrected chi connectivity index (χ4v) is 4.40. The summed E-state index contributed by atoms with van der Waals surface area (Å²) in [6.45, 7) is 1.74. The molecule has 0 saturated heterocycles. The number of halogens is 2. The fourth-order valence-electron chi connectivity index (χ4n) is 2.27. The molecule has 2 aromatic heterocycles. The van der Waals surface area contributed by atoms with Crippen LogP contribution in [0.3, 0.4) is 0 Å². The minimum absolute atomic E-state index is 0.132. The Morgan fingerprint density at radius 1 is 1.46 bits per heavy atom. The van der Waals surface area contributed by atoms with Crippen LogP contribution in [0, 0.1) is 5.82 Å². The largest absolute Gasteiger partial charge is 0.392 e. The van der Waals surface area contributed by atoms with E-state index in [9.17, 15) is 14.3 Å². The van der Waals surface area contributed by atoms with Crippen molar-refractivity contribution in [3.05, 3.63) is 56.4 Å². The van der Waals surface area contributed by atoms with E-state index in [4.69, 9.17) is 11.6 Å². The first kappa shape index (κ1) is 17.4. The molecule has 8 heteroatoms. The van der Waals surface area contributed by atoms with E-state index in [0.717, 1.165) is 0 Å². The summed E-state index contributed by atoms with van der Waals surface area (Å²) in [6.07, 6.45) is -0.696. The van der Waals surface area contributed by atoms with E-state index in [2.05, 4.69) is 4.98 Å². The van der Waals surface area contributed by atoms with Gasteiger partial charge in [-0.25, -0.2) is 9.37 Å². The highest BCUT2D eigenvalue weighted by atomic mass is 35.5. The van der Waals surface area contributed by atoms with Crippen LogP contribution in [0.4, 0.5) is 4.39 Å². The van der Waals surface area contributed by atoms with Crippen LogP contribution in [0.5, 0.6) is 0 Å². The molecule has 126 valence electrons. The third-order valence-electron chi connectivity index (χ3n) is 3.38. The van der Waals surface area contributed by atoms with Crippen molar-refractivity contribution >= 4 is 44.9 Å². The highest BCUT2D eigenvalue weighted by molar-refractivity contribution is 7.98. The monoisotopic (exact) mass is 384 g/mol.